The molecule has 0 amide bonds. The van der Waals surface area contributed by atoms with Crippen LogP contribution >= 0.6 is 15.9 Å². The predicted molar refractivity (Wildman–Crippen MR) is 72.6 cm³/mol. The Bertz CT molecular complexity index is 419. The topological polar surface area (TPSA) is 12.0 Å². The molecule has 1 N–H and O–H groups in total. The van der Waals surface area contributed by atoms with Gasteiger partial charge >= 0.3 is 0 Å². The monoisotopic (exact) mass is 317 g/mol. The van der Waals surface area contributed by atoms with Gasteiger partial charge in [-0.15, -0.1) is 0 Å². The van der Waals surface area contributed by atoms with Crippen molar-refractivity contribution in [3.05, 3.63) is 33.8 Å². The van der Waals surface area contributed by atoms with Crippen LogP contribution in [0.25, 0.3) is 0 Å². The number of hydrogen-bond donors (Lipinski definition) is 1. The lowest BCUT2D eigenvalue weighted by Crippen LogP contribution is -2.32. The Labute approximate surface area is 115 Å². The van der Waals surface area contributed by atoms with Crippen molar-refractivity contribution in [1.82, 2.24) is 5.32 Å². The number of likely N-dealkylation sites (N-methyl/N-ethyl adjacent to an activating group) is 1. The molecule has 1 unspecified atom stereocenters. The quantitative estimate of drug-likeness (QED) is 0.780. The van der Waals surface area contributed by atoms with Crippen molar-refractivity contribution < 1.29 is 8.78 Å². The summed E-state index contributed by atoms with van der Waals surface area (Å²) in [5, 5.41) is 3.33. The molecule has 0 aliphatic heterocycles. The lowest BCUT2D eigenvalue weighted by molar-refractivity contribution is 0.445. The van der Waals surface area contributed by atoms with Crippen LogP contribution in [0.5, 0.6) is 0 Å². The van der Waals surface area contributed by atoms with Crippen molar-refractivity contribution in [1.29, 1.82) is 0 Å². The van der Waals surface area contributed by atoms with Crippen LogP contribution in [0.2, 0.25) is 0 Å². The Balaban J connectivity index is 2.11. The second-order valence-electron chi connectivity index (χ2n) is 4.96. The molecule has 1 fully saturated rings. The van der Waals surface area contributed by atoms with Gasteiger partial charge in [-0.2, -0.15) is 0 Å². The summed E-state index contributed by atoms with van der Waals surface area (Å²) >= 11 is 3.11. The number of benzene rings is 1. The number of rotatable bonds is 6. The van der Waals surface area contributed by atoms with E-state index < -0.39 is 11.6 Å². The van der Waals surface area contributed by atoms with Gasteiger partial charge in [0.15, 0.2) is 0 Å². The van der Waals surface area contributed by atoms with Gasteiger partial charge in [-0.1, -0.05) is 19.8 Å². The van der Waals surface area contributed by atoms with Gasteiger partial charge in [0.25, 0.3) is 0 Å². The van der Waals surface area contributed by atoms with E-state index in [4.69, 9.17) is 0 Å². The molecule has 1 nitrogen and oxygen atoms in total. The minimum atomic E-state index is -0.464. The highest BCUT2D eigenvalue weighted by atomic mass is 79.9. The van der Waals surface area contributed by atoms with E-state index in [0.29, 0.717) is 10.9 Å². The number of halogens is 3. The third kappa shape index (κ3) is 3.51. The average Bonchev–Trinajstić information content (AvgIpc) is 3.14. The highest BCUT2D eigenvalue weighted by Gasteiger charge is 2.26. The molecule has 100 valence electrons. The largest absolute Gasteiger partial charge is 0.314 e. The molecule has 1 aromatic rings. The zero-order chi connectivity index (χ0) is 13.1. The van der Waals surface area contributed by atoms with Gasteiger partial charge in [0, 0.05) is 11.6 Å². The molecule has 0 bridgehead atoms. The maximum atomic E-state index is 13.9. The highest BCUT2D eigenvalue weighted by Crippen LogP contribution is 2.34. The fraction of sp³-hybridized carbons (Fsp3) is 0.571. The first-order valence-electron chi connectivity index (χ1n) is 6.47. The van der Waals surface area contributed by atoms with Crippen molar-refractivity contribution in [3.8, 4) is 0 Å². The molecular formula is C14H18BrF2N. The van der Waals surface area contributed by atoms with Gasteiger partial charge in [0.1, 0.15) is 11.6 Å². The molecule has 1 aliphatic carbocycles. The Morgan fingerprint density at radius 3 is 2.72 bits per heavy atom. The standard InChI is InChI=1S/C14H18BrF2N/c1-2-18-10(7-9-3-4-9)8-11-13(16)6-5-12(15)14(11)17/h5-6,9-10,18H,2-4,7-8H2,1H3. The van der Waals surface area contributed by atoms with Gasteiger partial charge in [0.2, 0.25) is 0 Å². The van der Waals surface area contributed by atoms with Crippen LogP contribution in [0.1, 0.15) is 31.7 Å². The van der Waals surface area contributed by atoms with Gasteiger partial charge in [0.05, 0.1) is 4.47 Å². The molecule has 1 saturated carbocycles. The second kappa shape index (κ2) is 6.11. The molecule has 0 saturated heterocycles. The zero-order valence-electron chi connectivity index (χ0n) is 10.5. The van der Waals surface area contributed by atoms with Crippen LogP contribution in [0.4, 0.5) is 8.78 Å². The van der Waals surface area contributed by atoms with Crippen LogP contribution < -0.4 is 5.32 Å². The van der Waals surface area contributed by atoms with Crippen molar-refractivity contribution >= 4 is 15.9 Å². The van der Waals surface area contributed by atoms with E-state index >= 15 is 0 Å². The number of nitrogens with one attached hydrogen (secondary N) is 1. The van der Waals surface area contributed by atoms with E-state index in [1.165, 1.54) is 25.0 Å². The lowest BCUT2D eigenvalue weighted by atomic mass is 10.00. The maximum absolute atomic E-state index is 13.9. The summed E-state index contributed by atoms with van der Waals surface area (Å²) in [5.41, 5.74) is 0.191. The first-order valence-corrected chi connectivity index (χ1v) is 7.26. The Kier molecular flexibility index (Phi) is 4.73. The van der Waals surface area contributed by atoms with Gasteiger partial charge in [-0.3, -0.25) is 0 Å². The van der Waals surface area contributed by atoms with Crippen LogP contribution in [0, 0.1) is 17.6 Å². The van der Waals surface area contributed by atoms with Gasteiger partial charge in [-0.05, 0) is 53.4 Å². The summed E-state index contributed by atoms with van der Waals surface area (Å²) < 4.78 is 27.9. The van der Waals surface area contributed by atoms with Crippen LogP contribution in [0.3, 0.4) is 0 Å². The fourth-order valence-corrected chi connectivity index (χ4v) is 2.66. The Hall–Kier alpha value is -0.480. The number of hydrogen-bond acceptors (Lipinski definition) is 1. The molecule has 0 spiro atoms. The van der Waals surface area contributed by atoms with E-state index in [1.807, 2.05) is 6.92 Å². The zero-order valence-corrected chi connectivity index (χ0v) is 12.1. The fourth-order valence-electron chi connectivity index (χ4n) is 2.29. The summed E-state index contributed by atoms with van der Waals surface area (Å²) in [6.07, 6.45) is 3.94. The minimum absolute atomic E-state index is 0.167. The molecule has 1 atom stereocenters. The molecule has 4 heteroatoms. The van der Waals surface area contributed by atoms with Crippen molar-refractivity contribution in [3.63, 3.8) is 0 Å². The van der Waals surface area contributed by atoms with E-state index in [2.05, 4.69) is 21.2 Å². The third-order valence-corrected chi connectivity index (χ3v) is 4.01. The summed E-state index contributed by atoms with van der Waals surface area (Å²) in [6, 6.07) is 2.90. The smallest absolute Gasteiger partial charge is 0.143 e. The van der Waals surface area contributed by atoms with Crippen molar-refractivity contribution in [2.45, 2.75) is 38.6 Å². The molecule has 18 heavy (non-hydrogen) atoms. The van der Waals surface area contributed by atoms with E-state index in [-0.39, 0.29) is 11.6 Å². The first-order chi connectivity index (χ1) is 8.61. The predicted octanol–water partition coefficient (Wildman–Crippen LogP) is 4.05. The molecule has 0 heterocycles. The molecule has 0 aromatic heterocycles. The summed E-state index contributed by atoms with van der Waals surface area (Å²) in [4.78, 5) is 0. The summed E-state index contributed by atoms with van der Waals surface area (Å²) in [6.45, 7) is 2.85. The third-order valence-electron chi connectivity index (χ3n) is 3.40. The normalized spacial score (nSPS) is 16.9. The first kappa shape index (κ1) is 13.9. The highest BCUT2D eigenvalue weighted by molar-refractivity contribution is 9.10. The Morgan fingerprint density at radius 1 is 1.39 bits per heavy atom. The van der Waals surface area contributed by atoms with Crippen LogP contribution in [-0.4, -0.2) is 12.6 Å². The van der Waals surface area contributed by atoms with Crippen molar-refractivity contribution in [2.75, 3.05) is 6.54 Å². The molecule has 0 radical (unpaired) electrons. The summed E-state index contributed by atoms with van der Waals surface area (Å²) in [7, 11) is 0. The van der Waals surface area contributed by atoms with E-state index in [0.717, 1.165) is 18.9 Å². The minimum Gasteiger partial charge on any atom is -0.314 e. The van der Waals surface area contributed by atoms with Crippen molar-refractivity contribution in [2.24, 2.45) is 5.92 Å². The SMILES string of the molecule is CCNC(Cc1c(F)ccc(Br)c1F)CC1CC1. The average molecular weight is 318 g/mol. The van der Waals surface area contributed by atoms with Gasteiger partial charge < -0.3 is 5.32 Å². The van der Waals surface area contributed by atoms with Crippen LogP contribution in [0.15, 0.2) is 16.6 Å². The molecular weight excluding hydrogens is 300 g/mol. The van der Waals surface area contributed by atoms with E-state index in [1.54, 1.807) is 0 Å². The van der Waals surface area contributed by atoms with Crippen LogP contribution in [-0.2, 0) is 6.42 Å². The molecule has 2 rings (SSSR count). The Morgan fingerprint density at radius 2 is 2.11 bits per heavy atom. The van der Waals surface area contributed by atoms with Gasteiger partial charge in [-0.25, -0.2) is 8.78 Å². The maximum Gasteiger partial charge on any atom is 0.143 e. The van der Waals surface area contributed by atoms with E-state index in [9.17, 15) is 8.78 Å². The lowest BCUT2D eigenvalue weighted by Gasteiger charge is -2.18. The molecule has 1 aliphatic rings. The summed E-state index contributed by atoms with van der Waals surface area (Å²) in [5.74, 6) is -0.171. The molecule has 1 aromatic carbocycles. The second-order valence-corrected chi connectivity index (χ2v) is 5.81.